The Morgan fingerprint density at radius 1 is 1.06 bits per heavy atom. The molecule has 0 spiro atoms. The number of guanidine groups is 1. The summed E-state index contributed by atoms with van der Waals surface area (Å²) in [7, 11) is 3.01. The topological polar surface area (TPSA) is 86.7 Å². The van der Waals surface area contributed by atoms with Crippen LogP contribution in [-0.2, 0) is 12.7 Å². The quantitative estimate of drug-likeness (QED) is 0.244. The van der Waals surface area contributed by atoms with Crippen molar-refractivity contribution < 1.29 is 22.6 Å². The maximum atomic E-state index is 13.7. The lowest BCUT2D eigenvalue weighted by atomic mass is 10.1. The lowest BCUT2D eigenvalue weighted by Gasteiger charge is -2.15. The van der Waals surface area contributed by atoms with Crippen LogP contribution in [0.5, 0.6) is 11.5 Å². The van der Waals surface area contributed by atoms with Crippen LogP contribution >= 0.6 is 24.0 Å². The van der Waals surface area contributed by atoms with Crippen LogP contribution in [0, 0.1) is 13.8 Å². The monoisotopic (exact) mass is 575 g/mol. The average molecular weight is 575 g/mol. The number of nitrogens with one attached hydrogen (secondary N) is 1. The third-order valence-electron chi connectivity index (χ3n) is 4.73. The molecule has 1 aromatic heterocycles. The minimum atomic E-state index is -4.55. The molecule has 0 radical (unpaired) electrons. The summed E-state index contributed by atoms with van der Waals surface area (Å²) in [6.45, 7) is 3.32. The van der Waals surface area contributed by atoms with E-state index in [4.69, 9.17) is 15.2 Å². The molecular formula is C22H25F3IN5O2. The minimum Gasteiger partial charge on any atom is -0.493 e. The molecule has 3 aromatic rings. The molecule has 0 saturated carbocycles. The molecule has 0 aliphatic rings. The van der Waals surface area contributed by atoms with Gasteiger partial charge in [-0.25, -0.2) is 9.67 Å². The fourth-order valence-electron chi connectivity index (χ4n) is 3.26. The van der Waals surface area contributed by atoms with Gasteiger partial charge in [-0.05, 0) is 49.7 Å². The Labute approximate surface area is 206 Å². The molecule has 3 rings (SSSR count). The van der Waals surface area contributed by atoms with Crippen LogP contribution in [-0.4, -0.2) is 30.0 Å². The zero-order valence-electron chi connectivity index (χ0n) is 18.5. The van der Waals surface area contributed by atoms with E-state index in [-0.39, 0.29) is 42.0 Å². The van der Waals surface area contributed by atoms with Gasteiger partial charge in [-0.3, -0.25) is 0 Å². The predicted octanol–water partition coefficient (Wildman–Crippen LogP) is 5.07. The maximum Gasteiger partial charge on any atom is 0.416 e. The van der Waals surface area contributed by atoms with Crippen molar-refractivity contribution in [1.29, 1.82) is 0 Å². The largest absolute Gasteiger partial charge is 0.493 e. The summed E-state index contributed by atoms with van der Waals surface area (Å²) in [5.74, 6) is 0.975. The second-order valence-corrected chi connectivity index (χ2v) is 7.07. The molecule has 0 bridgehead atoms. The smallest absolute Gasteiger partial charge is 0.416 e. The van der Waals surface area contributed by atoms with E-state index in [2.05, 4.69) is 15.4 Å². The SMILES string of the molecule is COc1ccc(NC(N)=NCc2ccc(-n3nc(C)cc3C)cc2C(F)(F)F)cc1OC.I. The van der Waals surface area contributed by atoms with E-state index >= 15 is 0 Å². The highest BCUT2D eigenvalue weighted by atomic mass is 127. The molecule has 0 aliphatic heterocycles. The second-order valence-electron chi connectivity index (χ2n) is 7.07. The highest BCUT2D eigenvalue weighted by Crippen LogP contribution is 2.34. The number of hydrogen-bond donors (Lipinski definition) is 2. The number of nitrogens with zero attached hydrogens (tertiary/aromatic N) is 3. The van der Waals surface area contributed by atoms with Crippen LogP contribution in [0.3, 0.4) is 0 Å². The first kappa shape index (κ1) is 26.3. The van der Waals surface area contributed by atoms with Crippen molar-refractivity contribution in [2.75, 3.05) is 19.5 Å². The van der Waals surface area contributed by atoms with Gasteiger partial charge in [0.05, 0.1) is 37.7 Å². The molecule has 1 heterocycles. The number of alkyl halides is 3. The number of aromatic nitrogens is 2. The van der Waals surface area contributed by atoms with E-state index in [1.54, 1.807) is 44.2 Å². The van der Waals surface area contributed by atoms with Crippen molar-refractivity contribution in [1.82, 2.24) is 9.78 Å². The highest BCUT2D eigenvalue weighted by molar-refractivity contribution is 14.0. The molecule has 0 amide bonds. The standard InChI is InChI=1S/C22H24F3N5O2.HI/c1-13-9-14(2)30(29-13)17-7-5-15(18(11-17)22(23,24)25)12-27-21(26)28-16-6-8-19(31-3)20(10-16)32-4;/h5-11H,12H2,1-4H3,(H3,26,27,28);1H. The third-order valence-corrected chi connectivity index (χ3v) is 4.73. The zero-order chi connectivity index (χ0) is 23.5. The van der Waals surface area contributed by atoms with E-state index in [9.17, 15) is 13.2 Å². The van der Waals surface area contributed by atoms with Gasteiger partial charge in [0.25, 0.3) is 0 Å². The minimum absolute atomic E-state index is 0. The maximum absolute atomic E-state index is 13.7. The number of benzene rings is 2. The van der Waals surface area contributed by atoms with Crippen molar-refractivity contribution >= 4 is 35.6 Å². The van der Waals surface area contributed by atoms with Crippen LogP contribution < -0.4 is 20.5 Å². The number of halogens is 4. The molecule has 11 heteroatoms. The zero-order valence-corrected chi connectivity index (χ0v) is 20.9. The van der Waals surface area contributed by atoms with Gasteiger partial charge < -0.3 is 20.5 Å². The van der Waals surface area contributed by atoms with Gasteiger partial charge >= 0.3 is 6.18 Å². The van der Waals surface area contributed by atoms with Crippen LogP contribution in [0.4, 0.5) is 18.9 Å². The third kappa shape index (κ3) is 6.30. The molecule has 178 valence electrons. The first-order valence-electron chi connectivity index (χ1n) is 9.65. The number of aliphatic imine (C=N–C) groups is 1. The summed E-state index contributed by atoms with van der Waals surface area (Å²) < 4.78 is 53.0. The Morgan fingerprint density at radius 3 is 2.33 bits per heavy atom. The summed E-state index contributed by atoms with van der Waals surface area (Å²) in [5.41, 5.74) is 7.45. The van der Waals surface area contributed by atoms with E-state index in [0.29, 0.717) is 22.9 Å². The Hall–Kier alpha value is -2.96. The van der Waals surface area contributed by atoms with Crippen LogP contribution in [0.1, 0.15) is 22.5 Å². The number of nitrogens with two attached hydrogens (primary N) is 1. The molecule has 0 fully saturated rings. The number of anilines is 1. The summed E-state index contributed by atoms with van der Waals surface area (Å²) in [4.78, 5) is 4.07. The van der Waals surface area contributed by atoms with E-state index < -0.39 is 11.7 Å². The number of hydrogen-bond acceptors (Lipinski definition) is 4. The van der Waals surface area contributed by atoms with Crippen LogP contribution in [0.2, 0.25) is 0 Å². The summed E-state index contributed by atoms with van der Waals surface area (Å²) in [6.07, 6.45) is -4.55. The summed E-state index contributed by atoms with van der Waals surface area (Å²) in [6, 6.07) is 10.8. The molecular weight excluding hydrogens is 550 g/mol. The van der Waals surface area contributed by atoms with Crippen molar-refractivity contribution in [2.45, 2.75) is 26.6 Å². The van der Waals surface area contributed by atoms with Gasteiger partial charge in [-0.15, -0.1) is 24.0 Å². The number of rotatable bonds is 6. The fraction of sp³-hybridized carbons (Fsp3) is 0.273. The number of ether oxygens (including phenoxy) is 2. The second kappa shape index (κ2) is 10.8. The van der Waals surface area contributed by atoms with Crippen molar-refractivity contribution in [3.8, 4) is 17.2 Å². The van der Waals surface area contributed by atoms with Gasteiger partial charge in [-0.2, -0.15) is 18.3 Å². The van der Waals surface area contributed by atoms with Gasteiger partial charge in [0.1, 0.15) is 0 Å². The first-order valence-corrected chi connectivity index (χ1v) is 9.65. The molecule has 0 aliphatic carbocycles. The Morgan fingerprint density at radius 2 is 1.76 bits per heavy atom. The Kier molecular flexibility index (Phi) is 8.58. The van der Waals surface area contributed by atoms with E-state index in [0.717, 1.165) is 17.5 Å². The van der Waals surface area contributed by atoms with Crippen LogP contribution in [0.25, 0.3) is 5.69 Å². The van der Waals surface area contributed by atoms with E-state index in [1.165, 1.54) is 25.0 Å². The molecule has 0 unspecified atom stereocenters. The molecule has 0 saturated heterocycles. The fourth-order valence-corrected chi connectivity index (χ4v) is 3.26. The van der Waals surface area contributed by atoms with Crippen molar-refractivity contribution in [3.63, 3.8) is 0 Å². The van der Waals surface area contributed by atoms with Gasteiger partial charge in [0, 0.05) is 17.4 Å². The summed E-state index contributed by atoms with van der Waals surface area (Å²) in [5, 5.41) is 7.09. The van der Waals surface area contributed by atoms with Gasteiger partial charge in [-0.1, -0.05) is 6.07 Å². The molecule has 7 nitrogen and oxygen atoms in total. The molecule has 0 atom stereocenters. The van der Waals surface area contributed by atoms with Crippen LogP contribution in [0.15, 0.2) is 47.5 Å². The number of methoxy groups -OCH3 is 2. The molecule has 2 aromatic carbocycles. The normalized spacial score (nSPS) is 11.7. The molecule has 33 heavy (non-hydrogen) atoms. The predicted molar refractivity (Wildman–Crippen MR) is 132 cm³/mol. The molecule has 3 N–H and O–H groups in total. The van der Waals surface area contributed by atoms with Crippen molar-refractivity contribution in [2.24, 2.45) is 10.7 Å². The van der Waals surface area contributed by atoms with Crippen molar-refractivity contribution in [3.05, 3.63) is 65.0 Å². The Balaban J connectivity index is 0.00000385. The van der Waals surface area contributed by atoms with Gasteiger partial charge in [0.2, 0.25) is 0 Å². The first-order chi connectivity index (χ1) is 15.1. The number of aryl methyl sites for hydroxylation is 2. The van der Waals surface area contributed by atoms with Gasteiger partial charge in [0.15, 0.2) is 17.5 Å². The Bertz CT molecular complexity index is 1150. The lowest BCUT2D eigenvalue weighted by Crippen LogP contribution is -2.23. The average Bonchev–Trinajstić information content (AvgIpc) is 3.09. The summed E-state index contributed by atoms with van der Waals surface area (Å²) >= 11 is 0. The van der Waals surface area contributed by atoms with E-state index in [1.807, 2.05) is 0 Å². The highest BCUT2D eigenvalue weighted by Gasteiger charge is 2.33. The lowest BCUT2D eigenvalue weighted by molar-refractivity contribution is -0.138.